The second kappa shape index (κ2) is 13.7. The number of hydrazone groups is 1. The molecule has 0 aliphatic carbocycles. The zero-order valence-corrected chi connectivity index (χ0v) is 26.1. The molecule has 0 radical (unpaired) electrons. The van der Waals surface area contributed by atoms with Crippen LogP contribution in [0.5, 0.6) is 17.2 Å². The van der Waals surface area contributed by atoms with E-state index >= 15 is 0 Å². The molecule has 3 aromatic carbocycles. The highest BCUT2D eigenvalue weighted by molar-refractivity contribution is 9.10. The van der Waals surface area contributed by atoms with Gasteiger partial charge in [-0.05, 0) is 114 Å². The molecule has 0 aliphatic heterocycles. The molecule has 5 aromatic rings. The number of nitrogens with zero attached hydrogens (tertiary/aromatic N) is 2. The van der Waals surface area contributed by atoms with E-state index in [4.69, 9.17) is 30.2 Å². The maximum atomic E-state index is 12.6. The predicted molar refractivity (Wildman–Crippen MR) is 170 cm³/mol. The number of rotatable bonds is 11. The molecule has 0 atom stereocenters. The van der Waals surface area contributed by atoms with E-state index in [-0.39, 0.29) is 12.4 Å². The number of carbonyl (C=O) groups is 1. The monoisotopic (exact) mass is 661 g/mol. The third-order valence-electron chi connectivity index (χ3n) is 6.56. The quantitative estimate of drug-likeness (QED) is 0.114. The van der Waals surface area contributed by atoms with Gasteiger partial charge in [0.05, 0.1) is 17.8 Å². The van der Waals surface area contributed by atoms with Crippen molar-refractivity contribution in [3.05, 3.63) is 128 Å². The van der Waals surface area contributed by atoms with Crippen molar-refractivity contribution in [2.24, 2.45) is 5.10 Å². The van der Waals surface area contributed by atoms with Crippen molar-refractivity contribution >= 4 is 39.7 Å². The first-order valence-corrected chi connectivity index (χ1v) is 14.5. The highest BCUT2D eigenvalue weighted by atomic mass is 79.9. The number of hydrogen-bond donors (Lipinski definition) is 1. The van der Waals surface area contributed by atoms with Crippen LogP contribution in [0.1, 0.15) is 38.8 Å². The first kappa shape index (κ1) is 30.0. The largest absolute Gasteiger partial charge is 0.493 e. The Bertz CT molecular complexity index is 1720. The van der Waals surface area contributed by atoms with E-state index in [0.717, 1.165) is 22.6 Å². The van der Waals surface area contributed by atoms with Gasteiger partial charge in [0, 0.05) is 22.1 Å². The molecule has 0 spiro atoms. The molecule has 0 fully saturated rings. The van der Waals surface area contributed by atoms with Crippen molar-refractivity contribution in [1.82, 2.24) is 9.99 Å². The molecule has 1 amide bonds. The number of nitrogens with one attached hydrogen (secondary N) is 1. The molecule has 8 nitrogen and oxygen atoms in total. The van der Waals surface area contributed by atoms with Gasteiger partial charge in [-0.3, -0.25) is 4.79 Å². The number of benzene rings is 3. The summed E-state index contributed by atoms with van der Waals surface area (Å²) in [7, 11) is 1.55. The molecule has 220 valence electrons. The average molecular weight is 663 g/mol. The van der Waals surface area contributed by atoms with Crippen LogP contribution in [-0.2, 0) is 13.2 Å². The Morgan fingerprint density at radius 2 is 1.67 bits per heavy atom. The molecule has 10 heteroatoms. The Morgan fingerprint density at radius 1 is 0.953 bits per heavy atom. The third kappa shape index (κ3) is 7.49. The van der Waals surface area contributed by atoms with Gasteiger partial charge < -0.3 is 23.2 Å². The number of aryl methyl sites for hydroxylation is 2. The molecule has 5 rings (SSSR count). The predicted octanol–water partition coefficient (Wildman–Crippen LogP) is 8.03. The van der Waals surface area contributed by atoms with E-state index in [1.165, 1.54) is 6.21 Å². The van der Waals surface area contributed by atoms with Crippen LogP contribution in [0.15, 0.2) is 98.9 Å². The Labute approximate surface area is 263 Å². The van der Waals surface area contributed by atoms with Gasteiger partial charge in [-0.2, -0.15) is 5.10 Å². The molecule has 0 bridgehead atoms. The molecular weight excluding hydrogens is 634 g/mol. The number of aromatic nitrogens is 1. The lowest BCUT2D eigenvalue weighted by molar-refractivity contribution is 0.0923. The minimum absolute atomic E-state index is 0.120. The minimum Gasteiger partial charge on any atom is -0.493 e. The van der Waals surface area contributed by atoms with Crippen LogP contribution >= 0.6 is 27.5 Å². The second-order valence-corrected chi connectivity index (χ2v) is 10.9. The van der Waals surface area contributed by atoms with Crippen molar-refractivity contribution in [1.29, 1.82) is 0 Å². The summed E-state index contributed by atoms with van der Waals surface area (Å²) in [5.41, 5.74) is 7.52. The molecule has 43 heavy (non-hydrogen) atoms. The number of furan rings is 1. The SMILES string of the molecule is COc1cc(/C=N/NC(=O)c2ccc(COc3ccc(-n4c(C)ccc4C)cc3)o2)cc(Br)c1OCc1ccc(Cl)cc1. The summed E-state index contributed by atoms with van der Waals surface area (Å²) in [5, 5.41) is 4.73. The first-order valence-electron chi connectivity index (χ1n) is 13.4. The summed E-state index contributed by atoms with van der Waals surface area (Å²) in [5.74, 6) is 1.90. The number of halogens is 2. The molecule has 0 aliphatic rings. The summed E-state index contributed by atoms with van der Waals surface area (Å²) < 4.78 is 25.8. The van der Waals surface area contributed by atoms with E-state index in [1.54, 1.807) is 25.3 Å². The van der Waals surface area contributed by atoms with Crippen molar-refractivity contribution < 1.29 is 23.4 Å². The second-order valence-electron chi connectivity index (χ2n) is 9.65. The Balaban J connectivity index is 1.14. The normalized spacial score (nSPS) is 11.1. The van der Waals surface area contributed by atoms with Crippen molar-refractivity contribution in [3.63, 3.8) is 0 Å². The van der Waals surface area contributed by atoms with Gasteiger partial charge in [0.1, 0.15) is 24.7 Å². The van der Waals surface area contributed by atoms with Crippen LogP contribution < -0.4 is 19.6 Å². The molecule has 1 N–H and O–H groups in total. The fourth-order valence-electron chi connectivity index (χ4n) is 4.41. The van der Waals surface area contributed by atoms with Gasteiger partial charge in [0.25, 0.3) is 0 Å². The molecule has 0 saturated carbocycles. The lowest BCUT2D eigenvalue weighted by Crippen LogP contribution is -2.16. The van der Waals surface area contributed by atoms with Crippen LogP contribution in [0.25, 0.3) is 5.69 Å². The zero-order valence-electron chi connectivity index (χ0n) is 23.8. The van der Waals surface area contributed by atoms with E-state index in [2.05, 4.69) is 57.0 Å². The van der Waals surface area contributed by atoms with Crippen LogP contribution in [0, 0.1) is 13.8 Å². The van der Waals surface area contributed by atoms with Gasteiger partial charge in [-0.25, -0.2) is 5.43 Å². The van der Waals surface area contributed by atoms with Gasteiger partial charge >= 0.3 is 5.91 Å². The smallest absolute Gasteiger partial charge is 0.307 e. The number of methoxy groups -OCH3 is 1. The average Bonchev–Trinajstić information content (AvgIpc) is 3.62. The molecule has 0 unspecified atom stereocenters. The third-order valence-corrected chi connectivity index (χ3v) is 7.40. The van der Waals surface area contributed by atoms with Crippen molar-refractivity contribution in [3.8, 4) is 22.9 Å². The molecule has 0 saturated heterocycles. The Hall–Kier alpha value is -4.47. The number of hydrogen-bond acceptors (Lipinski definition) is 6. The highest BCUT2D eigenvalue weighted by Crippen LogP contribution is 2.37. The van der Waals surface area contributed by atoms with E-state index < -0.39 is 5.91 Å². The lowest BCUT2D eigenvalue weighted by atomic mass is 10.2. The molecular formula is C33H29BrClN3O5. The number of ether oxygens (including phenoxy) is 3. The van der Waals surface area contributed by atoms with Gasteiger partial charge in [0.2, 0.25) is 0 Å². The summed E-state index contributed by atoms with van der Waals surface area (Å²) in [6.45, 7) is 4.66. The van der Waals surface area contributed by atoms with Crippen LogP contribution in [0.3, 0.4) is 0 Å². The van der Waals surface area contributed by atoms with E-state index in [0.29, 0.717) is 44.7 Å². The summed E-state index contributed by atoms with van der Waals surface area (Å²) in [4.78, 5) is 12.6. The lowest BCUT2D eigenvalue weighted by Gasteiger charge is -2.13. The maximum absolute atomic E-state index is 12.6. The topological polar surface area (TPSA) is 87.2 Å². The minimum atomic E-state index is -0.488. The number of carbonyl (C=O) groups excluding carboxylic acids is 1. The fourth-order valence-corrected chi connectivity index (χ4v) is 5.11. The van der Waals surface area contributed by atoms with Gasteiger partial charge in [0.15, 0.2) is 17.3 Å². The van der Waals surface area contributed by atoms with Crippen LogP contribution in [0.2, 0.25) is 5.02 Å². The molecule has 2 aromatic heterocycles. The Morgan fingerprint density at radius 3 is 2.37 bits per heavy atom. The van der Waals surface area contributed by atoms with Crippen LogP contribution in [0.4, 0.5) is 0 Å². The zero-order chi connectivity index (χ0) is 30.3. The fraction of sp³-hybridized carbons (Fsp3) is 0.152. The molecule has 2 heterocycles. The summed E-state index contributed by atoms with van der Waals surface area (Å²) in [6, 6.07) is 26.3. The van der Waals surface area contributed by atoms with E-state index in [9.17, 15) is 4.79 Å². The van der Waals surface area contributed by atoms with Gasteiger partial charge in [-0.1, -0.05) is 23.7 Å². The van der Waals surface area contributed by atoms with Crippen LogP contribution in [-0.4, -0.2) is 23.8 Å². The maximum Gasteiger partial charge on any atom is 0.307 e. The van der Waals surface area contributed by atoms with Crippen molar-refractivity contribution in [2.75, 3.05) is 7.11 Å². The number of amides is 1. The van der Waals surface area contributed by atoms with E-state index in [1.807, 2.05) is 54.6 Å². The summed E-state index contributed by atoms with van der Waals surface area (Å²) in [6.07, 6.45) is 1.50. The first-order chi connectivity index (χ1) is 20.8. The highest BCUT2D eigenvalue weighted by Gasteiger charge is 2.13. The van der Waals surface area contributed by atoms with Gasteiger partial charge in [-0.15, -0.1) is 0 Å². The Kier molecular flexibility index (Phi) is 9.54. The van der Waals surface area contributed by atoms with Crippen molar-refractivity contribution in [2.45, 2.75) is 27.1 Å². The summed E-state index contributed by atoms with van der Waals surface area (Å²) >= 11 is 9.49. The standard InChI is InChI=1S/C33H29BrClN3O5/c1-21-4-5-22(2)38(21)26-10-12-27(13-11-26)41-20-28-14-15-30(43-28)33(39)37-36-18-24-16-29(34)32(31(17-24)40-3)42-19-23-6-8-25(35)9-7-23/h4-18H,19-20H2,1-3H3,(H,37,39)/b36-18+.